The lowest BCUT2D eigenvalue weighted by Crippen LogP contribution is -2.18. The predicted octanol–water partition coefficient (Wildman–Crippen LogP) is 3.83. The summed E-state index contributed by atoms with van der Waals surface area (Å²) in [7, 11) is 0. The van der Waals surface area contributed by atoms with Gasteiger partial charge in [-0.05, 0) is 47.5 Å². The summed E-state index contributed by atoms with van der Waals surface area (Å²) in [5.74, 6) is -1.36. The lowest BCUT2D eigenvalue weighted by molar-refractivity contribution is -0.158. The summed E-state index contributed by atoms with van der Waals surface area (Å²) in [6, 6.07) is 21.8. The Morgan fingerprint density at radius 2 is 1.03 bits per heavy atom. The van der Waals surface area contributed by atoms with Crippen molar-refractivity contribution in [2.75, 3.05) is 11.5 Å². The van der Waals surface area contributed by atoms with Crippen LogP contribution in [-0.2, 0) is 27.2 Å². The molecule has 7 heteroatoms. The Hall–Kier alpha value is -4.52. The van der Waals surface area contributed by atoms with Gasteiger partial charge < -0.3 is 16.2 Å². The Morgan fingerprint density at radius 3 is 1.42 bits per heavy atom. The van der Waals surface area contributed by atoms with E-state index in [9.17, 15) is 9.59 Å². The molecule has 0 radical (unpaired) electrons. The quantitative estimate of drug-likeness (QED) is 0.267. The highest BCUT2D eigenvalue weighted by atomic mass is 16.6. The van der Waals surface area contributed by atoms with Gasteiger partial charge in [-0.25, -0.2) is 0 Å². The normalized spacial score (nSPS) is 10.5. The number of hydrogen-bond acceptors (Lipinski definition) is 7. The summed E-state index contributed by atoms with van der Waals surface area (Å²) >= 11 is 0. The molecule has 0 fully saturated rings. The molecule has 0 atom stereocenters. The number of ether oxygens (including phenoxy) is 1. The fourth-order valence-corrected chi connectivity index (χ4v) is 3.48. The van der Waals surface area contributed by atoms with Crippen LogP contribution in [0.5, 0.6) is 0 Å². The first-order chi connectivity index (χ1) is 16.0. The van der Waals surface area contributed by atoms with Crippen LogP contribution in [0.25, 0.3) is 22.3 Å². The van der Waals surface area contributed by atoms with Gasteiger partial charge in [0, 0.05) is 34.9 Å². The Labute approximate surface area is 191 Å². The Kier molecular flexibility index (Phi) is 6.40. The van der Waals surface area contributed by atoms with Gasteiger partial charge in [-0.3, -0.25) is 19.6 Å². The first-order valence-corrected chi connectivity index (χ1v) is 10.3. The van der Waals surface area contributed by atoms with Crippen LogP contribution in [0.4, 0.5) is 11.4 Å². The van der Waals surface area contributed by atoms with Crippen molar-refractivity contribution in [1.82, 2.24) is 9.97 Å². The summed E-state index contributed by atoms with van der Waals surface area (Å²) in [4.78, 5) is 33.6. The van der Waals surface area contributed by atoms with Crippen molar-refractivity contribution in [2.24, 2.45) is 0 Å². The van der Waals surface area contributed by atoms with Crippen molar-refractivity contribution < 1.29 is 14.3 Å². The van der Waals surface area contributed by atoms with Gasteiger partial charge in [0.05, 0.1) is 24.2 Å². The molecule has 0 amide bonds. The van der Waals surface area contributed by atoms with E-state index in [0.717, 1.165) is 22.3 Å². The Balaban J connectivity index is 1.45. The van der Waals surface area contributed by atoms with Crippen LogP contribution < -0.4 is 11.5 Å². The predicted molar refractivity (Wildman–Crippen MR) is 127 cm³/mol. The molecule has 4 rings (SSSR count). The lowest BCUT2D eigenvalue weighted by atomic mass is 10.0. The zero-order chi connectivity index (χ0) is 23.2. The summed E-state index contributed by atoms with van der Waals surface area (Å²) in [6.07, 6.45) is 2.91. The van der Waals surface area contributed by atoms with Crippen LogP contribution in [0, 0.1) is 0 Å². The number of benzene rings is 2. The monoisotopic (exact) mass is 438 g/mol. The first kappa shape index (κ1) is 21.7. The SMILES string of the molecule is Nc1ccc(-c2cccnc2CC(=O)OC(=O)Cc2ncccc2-c2ccc(N)cc2)cc1. The number of nitrogens with zero attached hydrogens (tertiary/aromatic N) is 2. The molecular weight excluding hydrogens is 416 g/mol. The average molecular weight is 438 g/mol. The number of nitrogens with two attached hydrogens (primary N) is 2. The highest BCUT2D eigenvalue weighted by Gasteiger charge is 2.18. The number of aromatic nitrogens is 2. The van der Waals surface area contributed by atoms with E-state index in [4.69, 9.17) is 16.2 Å². The van der Waals surface area contributed by atoms with Crippen molar-refractivity contribution in [3.05, 3.63) is 96.6 Å². The molecule has 0 unspecified atom stereocenters. The van der Waals surface area contributed by atoms with Crippen molar-refractivity contribution in [3.8, 4) is 22.3 Å². The standard InChI is InChI=1S/C26H22N4O3/c27-19-9-5-17(6-10-19)21-3-1-13-29-23(21)15-25(31)33-26(32)16-24-22(4-2-14-30-24)18-7-11-20(28)12-8-18/h1-14H,15-16,27-28H2. The van der Waals surface area contributed by atoms with Crippen molar-refractivity contribution in [2.45, 2.75) is 12.8 Å². The molecule has 2 aromatic carbocycles. The highest BCUT2D eigenvalue weighted by Crippen LogP contribution is 2.25. The molecule has 0 aliphatic rings. The molecule has 0 bridgehead atoms. The van der Waals surface area contributed by atoms with E-state index < -0.39 is 11.9 Å². The number of carbonyl (C=O) groups excluding carboxylic acids is 2. The van der Waals surface area contributed by atoms with E-state index in [1.165, 1.54) is 0 Å². The fraction of sp³-hybridized carbons (Fsp3) is 0.0769. The minimum atomic E-state index is -0.680. The van der Waals surface area contributed by atoms with Gasteiger partial charge in [0.25, 0.3) is 0 Å². The molecule has 0 aliphatic heterocycles. The van der Waals surface area contributed by atoms with Crippen LogP contribution in [-0.4, -0.2) is 21.9 Å². The van der Waals surface area contributed by atoms with E-state index in [1.807, 2.05) is 36.4 Å². The molecule has 33 heavy (non-hydrogen) atoms. The van der Waals surface area contributed by atoms with Gasteiger partial charge in [-0.1, -0.05) is 36.4 Å². The topological polar surface area (TPSA) is 121 Å². The number of rotatable bonds is 6. The number of pyridine rings is 2. The number of carbonyl (C=O) groups is 2. The maximum atomic E-state index is 12.5. The number of nitrogen functional groups attached to an aromatic ring is 2. The summed E-state index contributed by atoms with van der Waals surface area (Å²) in [5.41, 5.74) is 17.1. The zero-order valence-electron chi connectivity index (χ0n) is 17.8. The molecule has 0 spiro atoms. The molecule has 164 valence electrons. The summed E-state index contributed by atoms with van der Waals surface area (Å²) in [5, 5.41) is 0. The van der Waals surface area contributed by atoms with Crippen LogP contribution >= 0.6 is 0 Å². The van der Waals surface area contributed by atoms with Gasteiger partial charge in [0.2, 0.25) is 0 Å². The van der Waals surface area contributed by atoms with Crippen molar-refractivity contribution in [1.29, 1.82) is 0 Å². The maximum Gasteiger partial charge on any atom is 0.319 e. The maximum absolute atomic E-state index is 12.5. The van der Waals surface area contributed by atoms with Crippen molar-refractivity contribution >= 4 is 23.3 Å². The molecule has 4 N–H and O–H groups in total. The van der Waals surface area contributed by atoms with E-state index in [0.29, 0.717) is 22.8 Å². The summed E-state index contributed by atoms with van der Waals surface area (Å²) < 4.78 is 5.08. The largest absolute Gasteiger partial charge is 0.399 e. The number of hydrogen-bond donors (Lipinski definition) is 2. The van der Waals surface area contributed by atoms with Crippen LogP contribution in [0.2, 0.25) is 0 Å². The van der Waals surface area contributed by atoms with Gasteiger partial charge in [-0.15, -0.1) is 0 Å². The number of esters is 2. The van der Waals surface area contributed by atoms with Gasteiger partial charge in [0.15, 0.2) is 0 Å². The molecule has 4 aromatic rings. The minimum Gasteiger partial charge on any atom is -0.399 e. The Bertz CT molecular complexity index is 1180. The fourth-order valence-electron chi connectivity index (χ4n) is 3.48. The average Bonchev–Trinajstić information content (AvgIpc) is 2.81. The molecule has 0 aliphatic carbocycles. The first-order valence-electron chi connectivity index (χ1n) is 10.3. The second-order valence-corrected chi connectivity index (χ2v) is 7.44. The molecule has 2 aromatic heterocycles. The second kappa shape index (κ2) is 9.74. The van der Waals surface area contributed by atoms with Crippen molar-refractivity contribution in [3.63, 3.8) is 0 Å². The third-order valence-corrected chi connectivity index (χ3v) is 5.08. The summed E-state index contributed by atoms with van der Waals surface area (Å²) in [6.45, 7) is 0. The molecule has 7 nitrogen and oxygen atoms in total. The van der Waals surface area contributed by atoms with Crippen LogP contribution in [0.3, 0.4) is 0 Å². The zero-order valence-corrected chi connectivity index (χ0v) is 17.8. The van der Waals surface area contributed by atoms with Crippen LogP contribution in [0.1, 0.15) is 11.4 Å². The van der Waals surface area contributed by atoms with Gasteiger partial charge in [0.1, 0.15) is 0 Å². The molecule has 2 heterocycles. The highest BCUT2D eigenvalue weighted by molar-refractivity contribution is 5.89. The van der Waals surface area contributed by atoms with E-state index in [2.05, 4.69) is 9.97 Å². The van der Waals surface area contributed by atoms with E-state index >= 15 is 0 Å². The Morgan fingerprint density at radius 1 is 0.636 bits per heavy atom. The number of anilines is 2. The molecule has 0 saturated carbocycles. The second-order valence-electron chi connectivity index (χ2n) is 7.44. The third-order valence-electron chi connectivity index (χ3n) is 5.08. The van der Waals surface area contributed by atoms with Gasteiger partial charge >= 0.3 is 11.9 Å². The smallest absolute Gasteiger partial charge is 0.319 e. The third kappa shape index (κ3) is 5.40. The molecular formula is C26H22N4O3. The van der Waals surface area contributed by atoms with E-state index in [-0.39, 0.29) is 12.8 Å². The van der Waals surface area contributed by atoms with Crippen LogP contribution in [0.15, 0.2) is 85.2 Å². The lowest BCUT2D eigenvalue weighted by Gasteiger charge is -2.10. The minimum absolute atomic E-state index is 0.140. The van der Waals surface area contributed by atoms with Gasteiger partial charge in [-0.2, -0.15) is 0 Å². The molecule has 0 saturated heterocycles. The van der Waals surface area contributed by atoms with E-state index in [1.54, 1.807) is 48.8 Å².